The van der Waals surface area contributed by atoms with Gasteiger partial charge in [0.05, 0.1) is 0 Å². The zero-order valence-electron chi connectivity index (χ0n) is 11.4. The van der Waals surface area contributed by atoms with E-state index in [9.17, 15) is 0 Å². The standard InChI is InChI=1S/C15H21ClN2/c1-14(2,3)18-10-15(6-7-17-9-15)12-8-11(16)4-5-13(12)18/h4-5,8,17H,6-7,9-10H2,1-3H3/t15-/m1/s1. The third kappa shape index (κ3) is 1.74. The van der Waals surface area contributed by atoms with Gasteiger partial charge in [-0.25, -0.2) is 0 Å². The van der Waals surface area contributed by atoms with E-state index in [-0.39, 0.29) is 11.0 Å². The minimum absolute atomic E-state index is 0.161. The SMILES string of the molecule is CC(C)(C)N1C[C@]2(CCNC2)c2cc(Cl)ccc21. The number of nitrogens with zero attached hydrogens (tertiary/aromatic N) is 1. The molecule has 1 fully saturated rings. The molecule has 3 heteroatoms. The molecule has 2 aliphatic heterocycles. The Kier molecular flexibility index (Phi) is 2.65. The summed E-state index contributed by atoms with van der Waals surface area (Å²) in [5.41, 5.74) is 3.24. The van der Waals surface area contributed by atoms with Crippen LogP contribution in [0.2, 0.25) is 5.02 Å². The highest BCUT2D eigenvalue weighted by molar-refractivity contribution is 6.30. The maximum atomic E-state index is 6.21. The van der Waals surface area contributed by atoms with Gasteiger partial charge < -0.3 is 10.2 Å². The lowest BCUT2D eigenvalue weighted by Crippen LogP contribution is -2.44. The molecule has 1 N–H and O–H groups in total. The third-order valence-electron chi connectivity index (χ3n) is 4.33. The van der Waals surface area contributed by atoms with Gasteiger partial charge in [-0.15, -0.1) is 0 Å². The van der Waals surface area contributed by atoms with E-state index in [1.165, 1.54) is 17.7 Å². The Hall–Kier alpha value is -0.730. The second-order valence-electron chi connectivity index (χ2n) is 6.63. The van der Waals surface area contributed by atoms with Crippen LogP contribution in [0, 0.1) is 0 Å². The van der Waals surface area contributed by atoms with Crippen LogP contribution in [0.4, 0.5) is 5.69 Å². The number of benzene rings is 1. The predicted octanol–water partition coefficient (Wildman–Crippen LogP) is 3.19. The average Bonchev–Trinajstić information content (AvgIpc) is 2.86. The molecule has 1 spiro atoms. The molecule has 0 bridgehead atoms. The molecule has 0 aliphatic carbocycles. The molecule has 0 unspecified atom stereocenters. The quantitative estimate of drug-likeness (QED) is 0.774. The molecule has 1 aromatic carbocycles. The normalized spacial score (nSPS) is 27.0. The second-order valence-corrected chi connectivity index (χ2v) is 7.06. The van der Waals surface area contributed by atoms with E-state index in [2.05, 4.69) is 43.1 Å². The van der Waals surface area contributed by atoms with Crippen LogP contribution in [0.3, 0.4) is 0 Å². The zero-order chi connectivity index (χ0) is 13.0. The van der Waals surface area contributed by atoms with Gasteiger partial charge in [-0.1, -0.05) is 11.6 Å². The van der Waals surface area contributed by atoms with Crippen LogP contribution in [0.15, 0.2) is 18.2 Å². The van der Waals surface area contributed by atoms with E-state index in [1.807, 2.05) is 6.07 Å². The van der Waals surface area contributed by atoms with Crippen LogP contribution >= 0.6 is 11.6 Å². The first-order chi connectivity index (χ1) is 8.42. The molecule has 2 heterocycles. The number of halogens is 1. The molecule has 0 aromatic heterocycles. The molecule has 1 atom stereocenters. The summed E-state index contributed by atoms with van der Waals surface area (Å²) in [6, 6.07) is 6.38. The fourth-order valence-corrected chi connectivity index (χ4v) is 3.52. The second kappa shape index (κ2) is 3.88. The molecule has 0 amide bonds. The highest BCUT2D eigenvalue weighted by atomic mass is 35.5. The summed E-state index contributed by atoms with van der Waals surface area (Å²) in [5.74, 6) is 0. The van der Waals surface area contributed by atoms with Crippen molar-refractivity contribution in [3.05, 3.63) is 28.8 Å². The Morgan fingerprint density at radius 1 is 1.33 bits per heavy atom. The van der Waals surface area contributed by atoms with Crippen LogP contribution in [0.1, 0.15) is 32.8 Å². The van der Waals surface area contributed by atoms with Crippen molar-refractivity contribution >= 4 is 17.3 Å². The molecule has 18 heavy (non-hydrogen) atoms. The van der Waals surface area contributed by atoms with Gasteiger partial charge in [-0.3, -0.25) is 0 Å². The topological polar surface area (TPSA) is 15.3 Å². The van der Waals surface area contributed by atoms with Crippen molar-refractivity contribution in [2.75, 3.05) is 24.5 Å². The number of rotatable bonds is 0. The molecule has 0 saturated carbocycles. The minimum Gasteiger partial charge on any atom is -0.366 e. The van der Waals surface area contributed by atoms with Crippen LogP contribution < -0.4 is 10.2 Å². The summed E-state index contributed by atoms with van der Waals surface area (Å²) in [6.07, 6.45) is 1.22. The largest absolute Gasteiger partial charge is 0.366 e. The van der Waals surface area contributed by atoms with Crippen molar-refractivity contribution in [2.45, 2.75) is 38.1 Å². The lowest BCUT2D eigenvalue weighted by molar-refractivity contribution is 0.435. The fourth-order valence-electron chi connectivity index (χ4n) is 3.35. The van der Waals surface area contributed by atoms with E-state index >= 15 is 0 Å². The molecule has 0 radical (unpaired) electrons. The van der Waals surface area contributed by atoms with E-state index in [4.69, 9.17) is 11.6 Å². The lowest BCUT2D eigenvalue weighted by Gasteiger charge is -2.36. The average molecular weight is 265 g/mol. The van der Waals surface area contributed by atoms with Gasteiger partial charge in [0.2, 0.25) is 0 Å². The Bertz CT molecular complexity index is 470. The number of anilines is 1. The Labute approximate surface area is 114 Å². The van der Waals surface area contributed by atoms with E-state index in [0.29, 0.717) is 0 Å². The van der Waals surface area contributed by atoms with Crippen molar-refractivity contribution in [3.63, 3.8) is 0 Å². The summed E-state index contributed by atoms with van der Waals surface area (Å²) >= 11 is 6.21. The Morgan fingerprint density at radius 3 is 2.72 bits per heavy atom. The minimum atomic E-state index is 0.161. The van der Waals surface area contributed by atoms with Gasteiger partial charge in [0.15, 0.2) is 0 Å². The molecular weight excluding hydrogens is 244 g/mol. The van der Waals surface area contributed by atoms with Crippen molar-refractivity contribution in [2.24, 2.45) is 0 Å². The monoisotopic (exact) mass is 264 g/mol. The lowest BCUT2D eigenvalue weighted by atomic mass is 9.81. The van der Waals surface area contributed by atoms with Crippen LogP contribution in [0.25, 0.3) is 0 Å². The first-order valence-electron chi connectivity index (χ1n) is 6.71. The summed E-state index contributed by atoms with van der Waals surface area (Å²) in [4.78, 5) is 2.53. The van der Waals surface area contributed by atoms with E-state index < -0.39 is 0 Å². The smallest absolute Gasteiger partial charge is 0.0411 e. The van der Waals surface area contributed by atoms with Crippen LogP contribution in [-0.4, -0.2) is 25.2 Å². The van der Waals surface area contributed by atoms with E-state index in [1.54, 1.807) is 0 Å². The predicted molar refractivity (Wildman–Crippen MR) is 77.7 cm³/mol. The first-order valence-corrected chi connectivity index (χ1v) is 7.09. The van der Waals surface area contributed by atoms with Gasteiger partial charge in [0, 0.05) is 34.8 Å². The summed E-state index contributed by atoms with van der Waals surface area (Å²) in [5, 5.41) is 4.37. The molecule has 1 saturated heterocycles. The number of hydrogen-bond acceptors (Lipinski definition) is 2. The molecule has 2 aliphatic rings. The molecule has 98 valence electrons. The molecular formula is C15H21ClN2. The van der Waals surface area contributed by atoms with Gasteiger partial charge in [0.1, 0.15) is 0 Å². The maximum absolute atomic E-state index is 6.21. The zero-order valence-corrected chi connectivity index (χ0v) is 12.1. The Morgan fingerprint density at radius 2 is 2.11 bits per heavy atom. The highest BCUT2D eigenvalue weighted by Crippen LogP contribution is 2.47. The number of nitrogens with one attached hydrogen (secondary N) is 1. The number of fused-ring (bicyclic) bond motifs is 2. The van der Waals surface area contributed by atoms with Crippen molar-refractivity contribution < 1.29 is 0 Å². The summed E-state index contributed by atoms with van der Waals surface area (Å²) in [6.45, 7) is 10.2. The van der Waals surface area contributed by atoms with Gasteiger partial charge in [0.25, 0.3) is 0 Å². The van der Waals surface area contributed by atoms with Crippen molar-refractivity contribution in [3.8, 4) is 0 Å². The van der Waals surface area contributed by atoms with Gasteiger partial charge in [-0.2, -0.15) is 0 Å². The highest BCUT2D eigenvalue weighted by Gasteiger charge is 2.47. The summed E-state index contributed by atoms with van der Waals surface area (Å²) < 4.78 is 0. The third-order valence-corrected chi connectivity index (χ3v) is 4.57. The Balaban J connectivity index is 2.13. The van der Waals surface area contributed by atoms with Crippen molar-refractivity contribution in [1.82, 2.24) is 5.32 Å². The summed E-state index contributed by atoms with van der Waals surface area (Å²) in [7, 11) is 0. The van der Waals surface area contributed by atoms with Crippen LogP contribution in [-0.2, 0) is 5.41 Å². The van der Waals surface area contributed by atoms with E-state index in [0.717, 1.165) is 24.7 Å². The molecule has 2 nitrogen and oxygen atoms in total. The van der Waals surface area contributed by atoms with Crippen LogP contribution in [0.5, 0.6) is 0 Å². The maximum Gasteiger partial charge on any atom is 0.0411 e. The molecule has 1 aromatic rings. The number of hydrogen-bond donors (Lipinski definition) is 1. The first kappa shape index (κ1) is 12.3. The van der Waals surface area contributed by atoms with Gasteiger partial charge in [-0.05, 0) is 57.5 Å². The van der Waals surface area contributed by atoms with Gasteiger partial charge >= 0.3 is 0 Å². The molecule has 3 rings (SSSR count). The van der Waals surface area contributed by atoms with Crippen molar-refractivity contribution in [1.29, 1.82) is 0 Å². The fraction of sp³-hybridized carbons (Fsp3) is 0.600.